The number of rotatable bonds is 9. The van der Waals surface area contributed by atoms with E-state index in [1.807, 2.05) is 24.3 Å². The van der Waals surface area contributed by atoms with Crippen LogP contribution in [0.1, 0.15) is 90.8 Å². The maximum absolute atomic E-state index is 13.4. The van der Waals surface area contributed by atoms with Crippen molar-refractivity contribution in [3.05, 3.63) is 93.1 Å². The molecular formula is C44H48ClN7O5. The Morgan fingerprint density at radius 3 is 2.44 bits per heavy atom. The molecule has 0 radical (unpaired) electrons. The van der Waals surface area contributed by atoms with Gasteiger partial charge in [-0.05, 0) is 78.3 Å². The molecule has 5 aliphatic rings. The second-order valence-electron chi connectivity index (χ2n) is 17.4. The van der Waals surface area contributed by atoms with Gasteiger partial charge in [0.15, 0.2) is 0 Å². The molecule has 8 rings (SSSR count). The zero-order chi connectivity index (χ0) is 40.2. The number of fused-ring (bicyclic) bond motifs is 1. The molecule has 12 nitrogen and oxygen atoms in total. The van der Waals surface area contributed by atoms with Gasteiger partial charge in [0.25, 0.3) is 11.8 Å². The summed E-state index contributed by atoms with van der Waals surface area (Å²) in [5, 5.41) is 15.2. The topological polar surface area (TPSA) is 148 Å². The molecular weight excluding hydrogens is 742 g/mol. The quantitative estimate of drug-likeness (QED) is 0.265. The van der Waals surface area contributed by atoms with Gasteiger partial charge in [-0.2, -0.15) is 5.26 Å². The van der Waals surface area contributed by atoms with E-state index in [9.17, 15) is 24.4 Å². The molecule has 0 bridgehead atoms. The van der Waals surface area contributed by atoms with Crippen molar-refractivity contribution in [2.45, 2.75) is 78.1 Å². The van der Waals surface area contributed by atoms with Crippen molar-refractivity contribution in [2.24, 2.45) is 16.7 Å². The van der Waals surface area contributed by atoms with Crippen molar-refractivity contribution in [3.63, 3.8) is 0 Å². The van der Waals surface area contributed by atoms with Crippen LogP contribution < -0.4 is 20.3 Å². The zero-order valence-corrected chi connectivity index (χ0v) is 33.6. The molecule has 3 saturated heterocycles. The first kappa shape index (κ1) is 38.6. The van der Waals surface area contributed by atoms with E-state index >= 15 is 0 Å². The highest BCUT2D eigenvalue weighted by Crippen LogP contribution is 2.55. The van der Waals surface area contributed by atoms with Crippen LogP contribution in [-0.4, -0.2) is 89.3 Å². The minimum Gasteiger partial charge on any atom is -0.489 e. The monoisotopic (exact) mass is 789 g/mol. The Labute approximate surface area is 338 Å². The minimum atomic E-state index is -0.606. The third kappa shape index (κ3) is 7.39. The second kappa shape index (κ2) is 14.9. The molecule has 5 heterocycles. The first-order valence-corrected chi connectivity index (χ1v) is 20.2. The van der Waals surface area contributed by atoms with Crippen LogP contribution in [0.4, 0.5) is 5.82 Å². The van der Waals surface area contributed by atoms with Gasteiger partial charge in [0, 0.05) is 80.4 Å². The largest absolute Gasteiger partial charge is 0.489 e. The number of anilines is 1. The van der Waals surface area contributed by atoms with Gasteiger partial charge in [-0.15, -0.1) is 0 Å². The van der Waals surface area contributed by atoms with E-state index in [4.69, 9.17) is 21.3 Å². The molecule has 296 valence electrons. The smallest absolute Gasteiger partial charge is 0.255 e. The fraction of sp³-hybridized carbons (Fsp3) is 0.455. The molecule has 1 saturated carbocycles. The summed E-state index contributed by atoms with van der Waals surface area (Å²) in [5.74, 6) is 1.09. The average Bonchev–Trinajstić information content (AvgIpc) is 3.49. The van der Waals surface area contributed by atoms with Gasteiger partial charge >= 0.3 is 0 Å². The van der Waals surface area contributed by atoms with E-state index in [1.54, 1.807) is 29.3 Å². The number of amides is 4. The predicted octanol–water partition coefficient (Wildman–Crippen LogP) is 5.60. The van der Waals surface area contributed by atoms with Crippen LogP contribution in [0, 0.1) is 28.1 Å². The summed E-state index contributed by atoms with van der Waals surface area (Å²) < 4.78 is 6.37. The summed E-state index contributed by atoms with van der Waals surface area (Å²) >= 11 is 6.24. The molecule has 1 unspecified atom stereocenters. The number of imide groups is 1. The minimum absolute atomic E-state index is 0.140. The van der Waals surface area contributed by atoms with Gasteiger partial charge in [-0.25, -0.2) is 4.98 Å². The number of ether oxygens (including phenoxy) is 1. The Bertz CT molecular complexity index is 2180. The highest BCUT2D eigenvalue weighted by Gasteiger charge is 2.64. The van der Waals surface area contributed by atoms with Crippen molar-refractivity contribution < 1.29 is 23.9 Å². The average molecular weight is 790 g/mol. The van der Waals surface area contributed by atoms with Crippen LogP contribution in [-0.2, 0) is 16.1 Å². The number of hydrogen-bond acceptors (Lipinski definition) is 9. The fourth-order valence-electron chi connectivity index (χ4n) is 9.90. The lowest BCUT2D eigenvalue weighted by Gasteiger charge is -2.63. The SMILES string of the molecule is CC1(C)C(NC(=O)c2ccc(N3CCC(CN4CC(=Cc5ccc6c(c5)CN(C5CCC(=O)NC5=O)C6=O)C4)CC3)nc2)C(C)(C)C1Oc1ccc(C#N)c(Cl)c1. The van der Waals surface area contributed by atoms with Crippen molar-refractivity contribution in [1.82, 2.24) is 25.4 Å². The van der Waals surface area contributed by atoms with Crippen molar-refractivity contribution >= 4 is 47.1 Å². The Balaban J connectivity index is 0.783. The van der Waals surface area contributed by atoms with E-state index in [0.29, 0.717) is 46.3 Å². The number of piperidine rings is 2. The standard InChI is InChI=1S/C44H48ClN7O5/c1-43(2)41(44(3,4)42(43)57-32-8-6-29(20-46)34(45)19-32)49-38(54)30-7-11-36(47-21-30)51-15-13-26(14-16-51)22-50-23-28(24-50)17-27-5-9-33-31(18-27)25-52(40(33)56)35-10-12-37(53)48-39(35)55/h5-9,11,17-19,21,26,35,41-42H,10,12-16,22-25H2,1-4H3,(H,49,54)(H,48,53,55). The lowest BCUT2D eigenvalue weighted by Crippen LogP contribution is -2.74. The fourth-order valence-corrected chi connectivity index (χ4v) is 10.1. The van der Waals surface area contributed by atoms with Crippen molar-refractivity contribution in [3.8, 4) is 11.8 Å². The van der Waals surface area contributed by atoms with Crippen LogP contribution in [0.2, 0.25) is 5.02 Å². The number of carbonyl (C=O) groups excluding carboxylic acids is 4. The molecule has 4 amide bonds. The summed E-state index contributed by atoms with van der Waals surface area (Å²) in [6, 6.07) is 16.1. The van der Waals surface area contributed by atoms with Crippen LogP contribution in [0.3, 0.4) is 0 Å². The normalized spacial score (nSPS) is 24.2. The molecule has 4 fully saturated rings. The number of pyridine rings is 1. The summed E-state index contributed by atoms with van der Waals surface area (Å²) in [5.41, 5.74) is 4.17. The predicted molar refractivity (Wildman–Crippen MR) is 215 cm³/mol. The molecule has 0 spiro atoms. The molecule has 13 heteroatoms. The lowest BCUT2D eigenvalue weighted by molar-refractivity contribution is -0.164. The highest BCUT2D eigenvalue weighted by molar-refractivity contribution is 6.31. The number of nitrogens with one attached hydrogen (secondary N) is 2. The molecule has 4 aliphatic heterocycles. The number of likely N-dealkylation sites (tertiary alicyclic amines) is 1. The van der Waals surface area contributed by atoms with E-state index in [1.165, 1.54) is 5.57 Å². The molecule has 1 aliphatic carbocycles. The summed E-state index contributed by atoms with van der Waals surface area (Å²) in [4.78, 5) is 61.5. The van der Waals surface area contributed by atoms with Crippen LogP contribution >= 0.6 is 11.6 Å². The van der Waals surface area contributed by atoms with Gasteiger partial charge < -0.3 is 19.9 Å². The highest BCUT2D eigenvalue weighted by atomic mass is 35.5. The van der Waals surface area contributed by atoms with Gasteiger partial charge in [0.05, 0.1) is 16.1 Å². The third-order valence-corrected chi connectivity index (χ3v) is 13.0. The number of nitrogens with zero attached hydrogens (tertiary/aromatic N) is 5. The number of halogens is 1. The Hall–Kier alpha value is -5.25. The summed E-state index contributed by atoms with van der Waals surface area (Å²) in [6.45, 7) is 13.5. The summed E-state index contributed by atoms with van der Waals surface area (Å²) in [6.07, 6.45) is 6.45. The van der Waals surface area contributed by atoms with Crippen LogP contribution in [0.5, 0.6) is 5.75 Å². The van der Waals surface area contributed by atoms with Crippen molar-refractivity contribution in [1.29, 1.82) is 5.26 Å². The number of nitriles is 1. The maximum Gasteiger partial charge on any atom is 0.255 e. The molecule has 1 aromatic heterocycles. The van der Waals surface area contributed by atoms with Crippen LogP contribution in [0.15, 0.2) is 60.3 Å². The molecule has 57 heavy (non-hydrogen) atoms. The first-order chi connectivity index (χ1) is 27.2. The van der Waals surface area contributed by atoms with Gasteiger partial charge in [0.1, 0.15) is 29.8 Å². The first-order valence-electron chi connectivity index (χ1n) is 19.8. The molecule has 2 aromatic carbocycles. The van der Waals surface area contributed by atoms with E-state index in [-0.39, 0.29) is 47.1 Å². The number of carbonyl (C=O) groups is 4. The third-order valence-electron chi connectivity index (χ3n) is 12.7. The van der Waals surface area contributed by atoms with E-state index < -0.39 is 11.9 Å². The summed E-state index contributed by atoms with van der Waals surface area (Å²) in [7, 11) is 0. The Morgan fingerprint density at radius 2 is 1.77 bits per heavy atom. The lowest BCUT2D eigenvalue weighted by atomic mass is 9.49. The van der Waals surface area contributed by atoms with Crippen molar-refractivity contribution in [2.75, 3.05) is 37.6 Å². The molecule has 2 N–H and O–H groups in total. The molecule has 1 atom stereocenters. The van der Waals surface area contributed by atoms with Gasteiger partial charge in [-0.3, -0.25) is 29.4 Å². The van der Waals surface area contributed by atoms with Gasteiger partial charge in [0.2, 0.25) is 11.8 Å². The number of benzene rings is 2. The molecule has 3 aromatic rings. The zero-order valence-electron chi connectivity index (χ0n) is 32.8. The second-order valence-corrected chi connectivity index (χ2v) is 17.8. The number of aromatic nitrogens is 1. The number of hydrogen-bond donors (Lipinski definition) is 2. The Morgan fingerprint density at radius 1 is 1.02 bits per heavy atom. The van der Waals surface area contributed by atoms with Crippen LogP contribution in [0.25, 0.3) is 6.08 Å². The van der Waals surface area contributed by atoms with E-state index in [0.717, 1.165) is 62.5 Å². The Kier molecular flexibility index (Phi) is 10.1. The van der Waals surface area contributed by atoms with Gasteiger partial charge in [-0.1, -0.05) is 51.4 Å². The maximum atomic E-state index is 13.4. The van der Waals surface area contributed by atoms with E-state index in [2.05, 4.69) is 66.3 Å².